The summed E-state index contributed by atoms with van der Waals surface area (Å²) in [4.78, 5) is 0. The molecule has 1 aliphatic carbocycles. The summed E-state index contributed by atoms with van der Waals surface area (Å²) in [5.74, 6) is 0. The lowest BCUT2D eigenvalue weighted by Crippen LogP contribution is -2.10. The van der Waals surface area contributed by atoms with Crippen molar-refractivity contribution in [2.75, 3.05) is 0 Å². The molecule has 0 amide bonds. The Balaban J connectivity index is 1.88. The van der Waals surface area contributed by atoms with E-state index >= 15 is 0 Å². The summed E-state index contributed by atoms with van der Waals surface area (Å²) in [5, 5.41) is 0. The molecular formula is C27H15F6. The van der Waals surface area contributed by atoms with E-state index in [1.165, 1.54) is 42.5 Å². The van der Waals surface area contributed by atoms with Crippen LogP contribution in [-0.2, 0) is 12.4 Å². The van der Waals surface area contributed by atoms with Gasteiger partial charge in [0.1, 0.15) is 0 Å². The quantitative estimate of drug-likeness (QED) is 0.235. The van der Waals surface area contributed by atoms with Gasteiger partial charge in [0.25, 0.3) is 0 Å². The summed E-state index contributed by atoms with van der Waals surface area (Å²) >= 11 is 0. The van der Waals surface area contributed by atoms with E-state index in [9.17, 15) is 26.3 Å². The fourth-order valence-electron chi connectivity index (χ4n) is 4.46. The van der Waals surface area contributed by atoms with Crippen LogP contribution in [0.25, 0.3) is 33.4 Å². The van der Waals surface area contributed by atoms with Gasteiger partial charge in [0.15, 0.2) is 0 Å². The largest absolute Gasteiger partial charge is 0.417 e. The highest BCUT2D eigenvalue weighted by molar-refractivity contribution is 5.97. The molecule has 0 unspecified atom stereocenters. The van der Waals surface area contributed by atoms with Gasteiger partial charge in [0.05, 0.1) is 11.1 Å². The van der Waals surface area contributed by atoms with Crippen LogP contribution in [-0.4, -0.2) is 0 Å². The lowest BCUT2D eigenvalue weighted by atomic mass is 9.84. The Morgan fingerprint density at radius 2 is 0.909 bits per heavy atom. The van der Waals surface area contributed by atoms with Gasteiger partial charge in [0, 0.05) is 6.42 Å². The van der Waals surface area contributed by atoms with Crippen LogP contribution in [0.5, 0.6) is 0 Å². The van der Waals surface area contributed by atoms with Gasteiger partial charge in [-0.05, 0) is 56.6 Å². The average Bonchev–Trinajstić information content (AvgIpc) is 3.16. The number of halogens is 6. The summed E-state index contributed by atoms with van der Waals surface area (Å²) in [6.45, 7) is 0. The van der Waals surface area contributed by atoms with Gasteiger partial charge in [-0.2, -0.15) is 26.3 Å². The topological polar surface area (TPSA) is 0 Å². The third kappa shape index (κ3) is 3.59. The van der Waals surface area contributed by atoms with Gasteiger partial charge < -0.3 is 0 Å². The number of hydrogen-bond acceptors (Lipinski definition) is 0. The summed E-state index contributed by atoms with van der Waals surface area (Å²) < 4.78 is 83.4. The van der Waals surface area contributed by atoms with Gasteiger partial charge >= 0.3 is 12.4 Å². The Morgan fingerprint density at radius 1 is 0.424 bits per heavy atom. The van der Waals surface area contributed by atoms with Crippen molar-refractivity contribution < 1.29 is 26.3 Å². The molecule has 0 spiro atoms. The lowest BCUT2D eigenvalue weighted by molar-refractivity contribution is -0.138. The summed E-state index contributed by atoms with van der Waals surface area (Å²) in [6, 6.07) is 20.4. The molecule has 0 bridgehead atoms. The average molecular weight is 453 g/mol. The van der Waals surface area contributed by atoms with E-state index in [1.807, 2.05) is 24.3 Å². The fourth-order valence-corrected chi connectivity index (χ4v) is 4.46. The summed E-state index contributed by atoms with van der Waals surface area (Å²) in [7, 11) is 0. The molecule has 33 heavy (non-hydrogen) atoms. The van der Waals surface area contributed by atoms with Gasteiger partial charge in [-0.15, -0.1) is 0 Å². The highest BCUT2D eigenvalue weighted by Crippen LogP contribution is 2.50. The Kier molecular flexibility index (Phi) is 4.85. The molecular weight excluding hydrogens is 438 g/mol. The molecule has 5 rings (SSSR count). The number of fused-ring (bicyclic) bond motifs is 3. The van der Waals surface area contributed by atoms with Crippen LogP contribution in [0.2, 0.25) is 0 Å². The predicted octanol–water partition coefficient (Wildman–Crippen LogP) is 8.64. The molecule has 0 aromatic heterocycles. The fraction of sp³-hybridized carbons (Fsp3) is 0.0741. The molecule has 0 saturated carbocycles. The highest BCUT2D eigenvalue weighted by atomic mass is 19.4. The van der Waals surface area contributed by atoms with Crippen LogP contribution in [0, 0.1) is 6.42 Å². The highest BCUT2D eigenvalue weighted by Gasteiger charge is 2.38. The van der Waals surface area contributed by atoms with E-state index in [1.54, 1.807) is 12.5 Å². The maximum atomic E-state index is 14.0. The predicted molar refractivity (Wildman–Crippen MR) is 115 cm³/mol. The zero-order valence-corrected chi connectivity index (χ0v) is 16.9. The Morgan fingerprint density at radius 3 is 1.55 bits per heavy atom. The molecule has 0 heterocycles. The van der Waals surface area contributed by atoms with Crippen LogP contribution in [0.1, 0.15) is 22.3 Å². The Hall–Kier alpha value is -3.54. The number of rotatable bonds is 2. The lowest BCUT2D eigenvalue weighted by Gasteiger charge is -2.21. The third-order valence-electron chi connectivity index (χ3n) is 5.82. The zero-order chi connectivity index (χ0) is 23.4. The normalized spacial score (nSPS) is 13.0. The van der Waals surface area contributed by atoms with Crippen LogP contribution in [0.3, 0.4) is 0 Å². The van der Waals surface area contributed by atoms with Crippen LogP contribution >= 0.6 is 0 Å². The second kappa shape index (κ2) is 7.51. The standard InChI is InChI=1S/C27H15F6/c28-26(29,30)23-11-5-3-9-19(23)20-14-13-18-17-8-2-1-7-16(17)15-22(18)25(20)21-10-4-6-12-24(21)27(31,32)33/h1-15H. The summed E-state index contributed by atoms with van der Waals surface area (Å²) in [5.41, 5.74) is 0.916. The minimum atomic E-state index is -4.68. The first kappa shape index (κ1) is 21.3. The first-order valence-corrected chi connectivity index (χ1v) is 10.1. The van der Waals surface area contributed by atoms with Crippen molar-refractivity contribution in [2.45, 2.75) is 12.4 Å². The molecule has 1 radical (unpaired) electrons. The van der Waals surface area contributed by atoms with Crippen molar-refractivity contribution in [3.8, 4) is 33.4 Å². The van der Waals surface area contributed by atoms with Crippen molar-refractivity contribution >= 4 is 0 Å². The van der Waals surface area contributed by atoms with Crippen LogP contribution in [0.4, 0.5) is 26.3 Å². The van der Waals surface area contributed by atoms with Crippen LogP contribution in [0.15, 0.2) is 84.9 Å². The minimum Gasteiger partial charge on any atom is -0.166 e. The smallest absolute Gasteiger partial charge is 0.166 e. The molecule has 0 atom stereocenters. The molecule has 4 aromatic rings. The van der Waals surface area contributed by atoms with E-state index in [0.29, 0.717) is 11.1 Å². The monoisotopic (exact) mass is 453 g/mol. The molecule has 4 aromatic carbocycles. The van der Waals surface area contributed by atoms with E-state index in [4.69, 9.17) is 0 Å². The van der Waals surface area contributed by atoms with Crippen molar-refractivity contribution in [3.63, 3.8) is 0 Å². The SMILES string of the molecule is FC(F)(F)c1ccccc1-c1ccc2c(c1-c1ccccc1C(F)(F)F)[CH]c1ccccc1-2. The number of benzene rings is 4. The molecule has 0 nitrogen and oxygen atoms in total. The van der Waals surface area contributed by atoms with Crippen molar-refractivity contribution in [1.82, 2.24) is 0 Å². The molecule has 0 N–H and O–H groups in total. The van der Waals surface area contributed by atoms with Crippen LogP contribution < -0.4 is 0 Å². The Labute approximate surface area is 186 Å². The zero-order valence-electron chi connectivity index (χ0n) is 16.9. The van der Waals surface area contributed by atoms with Gasteiger partial charge in [-0.1, -0.05) is 72.8 Å². The summed E-state index contributed by atoms with van der Waals surface area (Å²) in [6.07, 6.45) is -7.60. The van der Waals surface area contributed by atoms with Crippen molar-refractivity contribution in [2.24, 2.45) is 0 Å². The maximum Gasteiger partial charge on any atom is 0.417 e. The first-order valence-electron chi connectivity index (χ1n) is 10.1. The molecule has 0 fully saturated rings. The molecule has 0 saturated heterocycles. The van der Waals surface area contributed by atoms with E-state index in [-0.39, 0.29) is 22.3 Å². The van der Waals surface area contributed by atoms with E-state index in [0.717, 1.165) is 23.3 Å². The molecule has 1 aliphatic rings. The second-order valence-electron chi connectivity index (χ2n) is 7.77. The molecule has 6 heteroatoms. The Bertz CT molecular complexity index is 1360. The first-order chi connectivity index (χ1) is 15.7. The molecule has 165 valence electrons. The van der Waals surface area contributed by atoms with Gasteiger partial charge in [-0.3, -0.25) is 0 Å². The van der Waals surface area contributed by atoms with Gasteiger partial charge in [-0.25, -0.2) is 0 Å². The van der Waals surface area contributed by atoms with Crippen molar-refractivity contribution in [3.05, 3.63) is 114 Å². The molecule has 0 aliphatic heterocycles. The third-order valence-corrected chi connectivity index (χ3v) is 5.82. The van der Waals surface area contributed by atoms with Crippen molar-refractivity contribution in [1.29, 1.82) is 0 Å². The van der Waals surface area contributed by atoms with E-state index < -0.39 is 23.5 Å². The van der Waals surface area contributed by atoms with Gasteiger partial charge in [0.2, 0.25) is 0 Å². The number of alkyl halides is 6. The minimum absolute atomic E-state index is 0.0995. The number of hydrogen-bond donors (Lipinski definition) is 0. The maximum absolute atomic E-state index is 14.0. The van der Waals surface area contributed by atoms with E-state index in [2.05, 4.69) is 0 Å². The second-order valence-corrected chi connectivity index (χ2v) is 7.77.